The van der Waals surface area contributed by atoms with Crippen molar-refractivity contribution >= 4 is 17.6 Å². The number of methoxy groups -OCH3 is 1. The van der Waals surface area contributed by atoms with Crippen molar-refractivity contribution in [2.45, 2.75) is 26.7 Å². The van der Waals surface area contributed by atoms with Gasteiger partial charge in [-0.15, -0.1) is 0 Å². The minimum atomic E-state index is -0.273. The zero-order valence-corrected chi connectivity index (χ0v) is 12.6. The number of para-hydroxylation sites is 1. The van der Waals surface area contributed by atoms with E-state index in [9.17, 15) is 4.79 Å². The molecule has 2 aromatic rings. The molecule has 20 heavy (non-hydrogen) atoms. The van der Waals surface area contributed by atoms with Crippen molar-refractivity contribution in [2.24, 2.45) is 0 Å². The van der Waals surface area contributed by atoms with Crippen molar-refractivity contribution in [2.75, 3.05) is 7.11 Å². The van der Waals surface area contributed by atoms with Crippen LogP contribution in [0.5, 0.6) is 0 Å². The van der Waals surface area contributed by atoms with Gasteiger partial charge in [0.15, 0.2) is 0 Å². The Labute approximate surface area is 123 Å². The van der Waals surface area contributed by atoms with Crippen LogP contribution < -0.4 is 0 Å². The maximum absolute atomic E-state index is 11.5. The molecule has 0 unspecified atom stereocenters. The Morgan fingerprint density at radius 3 is 2.75 bits per heavy atom. The Morgan fingerprint density at radius 1 is 1.40 bits per heavy atom. The second-order valence-electron chi connectivity index (χ2n) is 4.49. The molecule has 0 aliphatic carbocycles. The zero-order valence-electron chi connectivity index (χ0n) is 11.8. The Balaban J connectivity index is 2.53. The number of nitrogens with zero attached hydrogens (tertiary/aromatic N) is 2. The Bertz CT molecular complexity index is 635. The third-order valence-corrected chi connectivity index (χ3v) is 3.69. The van der Waals surface area contributed by atoms with Crippen molar-refractivity contribution in [3.63, 3.8) is 0 Å². The van der Waals surface area contributed by atoms with Gasteiger partial charge in [0.05, 0.1) is 35.6 Å². The molecule has 0 aliphatic rings. The van der Waals surface area contributed by atoms with Gasteiger partial charge in [-0.2, -0.15) is 5.10 Å². The van der Waals surface area contributed by atoms with E-state index in [0.717, 1.165) is 29.1 Å². The summed E-state index contributed by atoms with van der Waals surface area (Å²) in [5.41, 5.74) is 3.47. The van der Waals surface area contributed by atoms with Gasteiger partial charge >= 0.3 is 5.97 Å². The maximum Gasteiger partial charge on any atom is 0.310 e. The number of halogens is 1. The molecule has 0 fully saturated rings. The molecule has 5 heteroatoms. The minimum absolute atomic E-state index is 0.215. The molecule has 106 valence electrons. The number of benzene rings is 1. The Morgan fingerprint density at radius 2 is 2.10 bits per heavy atom. The van der Waals surface area contributed by atoms with E-state index < -0.39 is 0 Å². The fourth-order valence-corrected chi connectivity index (χ4v) is 2.41. The number of rotatable bonds is 4. The van der Waals surface area contributed by atoms with Gasteiger partial charge in [-0.25, -0.2) is 4.68 Å². The molecule has 0 aliphatic heterocycles. The molecule has 1 aromatic carbocycles. The van der Waals surface area contributed by atoms with Crippen molar-refractivity contribution in [1.29, 1.82) is 0 Å². The van der Waals surface area contributed by atoms with Crippen LogP contribution in [0.25, 0.3) is 5.69 Å². The highest BCUT2D eigenvalue weighted by Gasteiger charge is 2.16. The summed E-state index contributed by atoms with van der Waals surface area (Å²) in [7, 11) is 1.39. The van der Waals surface area contributed by atoms with Crippen molar-refractivity contribution in [1.82, 2.24) is 9.78 Å². The molecule has 0 atom stereocenters. The first-order valence-electron chi connectivity index (χ1n) is 6.47. The second kappa shape index (κ2) is 6.09. The highest BCUT2D eigenvalue weighted by Crippen LogP contribution is 2.25. The SMILES string of the molecule is CCc1c(Cl)c(C)nn1-c1ccccc1CC(=O)OC. The lowest BCUT2D eigenvalue weighted by Gasteiger charge is -2.11. The normalized spacial score (nSPS) is 10.6. The van der Waals surface area contributed by atoms with E-state index in [-0.39, 0.29) is 12.4 Å². The molecule has 0 radical (unpaired) electrons. The molecule has 0 N–H and O–H groups in total. The van der Waals surface area contributed by atoms with Crippen LogP contribution in [-0.4, -0.2) is 22.9 Å². The van der Waals surface area contributed by atoms with Gasteiger partial charge in [0.1, 0.15) is 0 Å². The fraction of sp³-hybridized carbons (Fsp3) is 0.333. The summed E-state index contributed by atoms with van der Waals surface area (Å²) in [5, 5.41) is 5.16. The molecule has 0 spiro atoms. The summed E-state index contributed by atoms with van der Waals surface area (Å²) < 4.78 is 6.55. The third-order valence-electron chi connectivity index (χ3n) is 3.19. The van der Waals surface area contributed by atoms with Crippen LogP contribution in [0.15, 0.2) is 24.3 Å². The predicted octanol–water partition coefficient (Wildman–Crippen LogP) is 3.11. The second-order valence-corrected chi connectivity index (χ2v) is 4.87. The van der Waals surface area contributed by atoms with Gasteiger partial charge < -0.3 is 4.74 Å². The molecular weight excluding hydrogens is 276 g/mol. The number of ether oxygens (including phenoxy) is 1. The molecule has 0 amide bonds. The van der Waals surface area contributed by atoms with Crippen LogP contribution in [-0.2, 0) is 22.4 Å². The average Bonchev–Trinajstić information content (AvgIpc) is 2.74. The third kappa shape index (κ3) is 2.70. The summed E-state index contributed by atoms with van der Waals surface area (Å²) >= 11 is 6.27. The van der Waals surface area contributed by atoms with Crippen LogP contribution in [0.3, 0.4) is 0 Å². The lowest BCUT2D eigenvalue weighted by atomic mass is 10.1. The van der Waals surface area contributed by atoms with Crippen LogP contribution in [0.2, 0.25) is 5.02 Å². The van der Waals surface area contributed by atoms with E-state index in [4.69, 9.17) is 16.3 Å². The average molecular weight is 293 g/mol. The van der Waals surface area contributed by atoms with E-state index in [1.165, 1.54) is 7.11 Å². The number of aromatic nitrogens is 2. The van der Waals surface area contributed by atoms with Crippen LogP contribution >= 0.6 is 11.6 Å². The smallest absolute Gasteiger partial charge is 0.310 e. The lowest BCUT2D eigenvalue weighted by Crippen LogP contribution is -2.10. The fourth-order valence-electron chi connectivity index (χ4n) is 2.15. The Hall–Kier alpha value is -1.81. The van der Waals surface area contributed by atoms with E-state index in [0.29, 0.717) is 5.02 Å². The molecule has 0 saturated heterocycles. The van der Waals surface area contributed by atoms with Gasteiger partial charge in [0, 0.05) is 0 Å². The number of aryl methyl sites for hydroxylation is 1. The first-order chi connectivity index (χ1) is 9.58. The summed E-state index contributed by atoms with van der Waals surface area (Å²) in [6, 6.07) is 7.64. The van der Waals surface area contributed by atoms with Crippen LogP contribution in [0, 0.1) is 6.92 Å². The monoisotopic (exact) mass is 292 g/mol. The molecule has 1 heterocycles. The van der Waals surface area contributed by atoms with Crippen molar-refractivity contribution in [3.05, 3.63) is 46.2 Å². The van der Waals surface area contributed by atoms with E-state index >= 15 is 0 Å². The summed E-state index contributed by atoms with van der Waals surface area (Å²) in [5.74, 6) is -0.273. The Kier molecular flexibility index (Phi) is 4.45. The van der Waals surface area contributed by atoms with Crippen molar-refractivity contribution < 1.29 is 9.53 Å². The molecule has 0 saturated carbocycles. The number of hydrogen-bond donors (Lipinski definition) is 0. The minimum Gasteiger partial charge on any atom is -0.469 e. The highest BCUT2D eigenvalue weighted by molar-refractivity contribution is 6.31. The summed E-state index contributed by atoms with van der Waals surface area (Å²) in [6.07, 6.45) is 0.985. The largest absolute Gasteiger partial charge is 0.469 e. The predicted molar refractivity (Wildman–Crippen MR) is 78.4 cm³/mol. The number of carbonyl (C=O) groups excluding carboxylic acids is 1. The van der Waals surface area contributed by atoms with E-state index in [1.807, 2.05) is 42.8 Å². The molecular formula is C15H17ClN2O2. The van der Waals surface area contributed by atoms with Crippen molar-refractivity contribution in [3.8, 4) is 5.69 Å². The van der Waals surface area contributed by atoms with Gasteiger partial charge in [0.25, 0.3) is 0 Å². The number of carbonyl (C=O) groups is 1. The standard InChI is InChI=1S/C15H17ClN2O2/c1-4-12-15(16)10(2)17-18(12)13-8-6-5-7-11(13)9-14(19)20-3/h5-8H,4,9H2,1-3H3. The number of esters is 1. The quantitative estimate of drug-likeness (QED) is 0.813. The van der Waals surface area contributed by atoms with Crippen LogP contribution in [0.4, 0.5) is 0 Å². The van der Waals surface area contributed by atoms with E-state index in [1.54, 1.807) is 0 Å². The number of hydrogen-bond acceptors (Lipinski definition) is 3. The van der Waals surface area contributed by atoms with E-state index in [2.05, 4.69) is 5.10 Å². The van der Waals surface area contributed by atoms with Gasteiger partial charge in [0.2, 0.25) is 0 Å². The zero-order chi connectivity index (χ0) is 14.7. The summed E-state index contributed by atoms with van der Waals surface area (Å²) in [4.78, 5) is 11.5. The molecule has 1 aromatic heterocycles. The molecule has 2 rings (SSSR count). The van der Waals surface area contributed by atoms with Gasteiger partial charge in [-0.05, 0) is 25.0 Å². The first kappa shape index (κ1) is 14.6. The maximum atomic E-state index is 11.5. The molecule has 4 nitrogen and oxygen atoms in total. The topological polar surface area (TPSA) is 44.1 Å². The first-order valence-corrected chi connectivity index (χ1v) is 6.85. The van der Waals surface area contributed by atoms with Gasteiger partial charge in [-0.1, -0.05) is 36.7 Å². The van der Waals surface area contributed by atoms with Crippen LogP contribution in [0.1, 0.15) is 23.9 Å². The van der Waals surface area contributed by atoms with Gasteiger partial charge in [-0.3, -0.25) is 4.79 Å². The summed E-state index contributed by atoms with van der Waals surface area (Å²) in [6.45, 7) is 3.91. The lowest BCUT2D eigenvalue weighted by molar-refractivity contribution is -0.139. The highest BCUT2D eigenvalue weighted by atomic mass is 35.5. The molecule has 0 bridgehead atoms.